The summed E-state index contributed by atoms with van der Waals surface area (Å²) in [6.45, 7) is 5.90. The van der Waals surface area contributed by atoms with Crippen molar-refractivity contribution < 1.29 is 14.3 Å². The first-order valence-electron chi connectivity index (χ1n) is 7.04. The summed E-state index contributed by atoms with van der Waals surface area (Å²) >= 11 is 0. The maximum Gasteiger partial charge on any atom is 0.407 e. The molecule has 0 aromatic carbocycles. The van der Waals surface area contributed by atoms with Gasteiger partial charge in [-0.3, -0.25) is 4.79 Å². The summed E-state index contributed by atoms with van der Waals surface area (Å²) < 4.78 is 4.57. The Kier molecular flexibility index (Phi) is 5.63. The summed E-state index contributed by atoms with van der Waals surface area (Å²) in [5, 5.41) is 5.70. The molecule has 0 aliphatic heterocycles. The molecule has 5 heteroatoms. The van der Waals surface area contributed by atoms with E-state index in [-0.39, 0.29) is 17.4 Å². The van der Waals surface area contributed by atoms with Crippen molar-refractivity contribution in [2.75, 3.05) is 7.11 Å². The van der Waals surface area contributed by atoms with Crippen molar-refractivity contribution in [3.05, 3.63) is 0 Å². The second kappa shape index (κ2) is 6.78. The Labute approximate surface area is 115 Å². The van der Waals surface area contributed by atoms with Crippen LogP contribution in [0.5, 0.6) is 0 Å². The first-order valence-corrected chi connectivity index (χ1v) is 7.04. The highest BCUT2D eigenvalue weighted by Gasteiger charge is 2.32. The summed E-state index contributed by atoms with van der Waals surface area (Å²) in [4.78, 5) is 23.6. The van der Waals surface area contributed by atoms with E-state index in [4.69, 9.17) is 0 Å². The van der Waals surface area contributed by atoms with Gasteiger partial charge in [0.25, 0.3) is 0 Å². The molecule has 0 aromatic heterocycles. The number of hydrogen-bond acceptors (Lipinski definition) is 3. The molecule has 1 saturated carbocycles. The molecule has 1 atom stereocenters. The molecule has 110 valence electrons. The summed E-state index contributed by atoms with van der Waals surface area (Å²) in [5.41, 5.74) is -0.139. The van der Waals surface area contributed by atoms with Crippen molar-refractivity contribution >= 4 is 12.0 Å². The van der Waals surface area contributed by atoms with Crippen LogP contribution >= 0.6 is 0 Å². The van der Waals surface area contributed by atoms with Crippen LogP contribution in [0.4, 0.5) is 4.79 Å². The van der Waals surface area contributed by atoms with Crippen molar-refractivity contribution in [3.63, 3.8) is 0 Å². The van der Waals surface area contributed by atoms with Crippen LogP contribution in [0.25, 0.3) is 0 Å². The average molecular weight is 270 g/mol. The zero-order chi connectivity index (χ0) is 14.5. The standard InChI is InChI=1S/C14H26N2O3/c1-10(2)11(15-13(18)19-4)12(17)16-14(3)8-6-5-7-9-14/h10-11H,5-9H2,1-4H3,(H,15,18)(H,16,17)/t11-/m1/s1. The van der Waals surface area contributed by atoms with Crippen LogP contribution in [0.1, 0.15) is 52.9 Å². The molecule has 0 unspecified atom stereocenters. The normalized spacial score (nSPS) is 19.6. The van der Waals surface area contributed by atoms with Crippen molar-refractivity contribution in [2.24, 2.45) is 5.92 Å². The first kappa shape index (κ1) is 15.8. The lowest BCUT2D eigenvalue weighted by Gasteiger charge is -2.36. The molecule has 0 saturated heterocycles. The van der Waals surface area contributed by atoms with Gasteiger partial charge in [0.1, 0.15) is 6.04 Å². The van der Waals surface area contributed by atoms with E-state index in [1.807, 2.05) is 13.8 Å². The van der Waals surface area contributed by atoms with Gasteiger partial charge in [-0.2, -0.15) is 0 Å². The Morgan fingerprint density at radius 1 is 1.16 bits per heavy atom. The number of carbonyl (C=O) groups excluding carboxylic acids is 2. The molecule has 0 bridgehead atoms. The van der Waals surface area contributed by atoms with Crippen LogP contribution in [0.15, 0.2) is 0 Å². The molecule has 5 nitrogen and oxygen atoms in total. The van der Waals surface area contributed by atoms with E-state index in [1.165, 1.54) is 13.5 Å². The van der Waals surface area contributed by atoms with E-state index < -0.39 is 12.1 Å². The van der Waals surface area contributed by atoms with Gasteiger partial charge in [-0.1, -0.05) is 33.1 Å². The van der Waals surface area contributed by atoms with E-state index in [0.29, 0.717) is 0 Å². The minimum Gasteiger partial charge on any atom is -0.453 e. The number of alkyl carbamates (subject to hydrolysis) is 1. The van der Waals surface area contributed by atoms with Gasteiger partial charge in [0.05, 0.1) is 7.11 Å². The van der Waals surface area contributed by atoms with E-state index in [2.05, 4.69) is 22.3 Å². The van der Waals surface area contributed by atoms with Gasteiger partial charge in [-0.25, -0.2) is 4.79 Å². The molecule has 1 aliphatic carbocycles. The van der Waals surface area contributed by atoms with E-state index in [9.17, 15) is 9.59 Å². The van der Waals surface area contributed by atoms with Gasteiger partial charge >= 0.3 is 6.09 Å². The molecule has 1 fully saturated rings. The number of rotatable bonds is 4. The highest BCUT2D eigenvalue weighted by molar-refractivity contribution is 5.86. The zero-order valence-corrected chi connectivity index (χ0v) is 12.4. The predicted molar refractivity (Wildman–Crippen MR) is 73.8 cm³/mol. The highest BCUT2D eigenvalue weighted by Crippen LogP contribution is 2.27. The molecule has 1 rings (SSSR count). The molecule has 2 amide bonds. The Morgan fingerprint density at radius 2 is 1.74 bits per heavy atom. The number of hydrogen-bond donors (Lipinski definition) is 2. The summed E-state index contributed by atoms with van der Waals surface area (Å²) in [6, 6.07) is -0.550. The first-order chi connectivity index (χ1) is 8.88. The third kappa shape index (κ3) is 4.73. The lowest BCUT2D eigenvalue weighted by Crippen LogP contribution is -2.56. The zero-order valence-electron chi connectivity index (χ0n) is 12.4. The Hall–Kier alpha value is -1.26. The summed E-state index contributed by atoms with van der Waals surface area (Å²) in [6.07, 6.45) is 4.96. The quantitative estimate of drug-likeness (QED) is 0.823. The van der Waals surface area contributed by atoms with Gasteiger partial charge in [-0.15, -0.1) is 0 Å². The summed E-state index contributed by atoms with van der Waals surface area (Å²) in [5.74, 6) is -0.101. The Balaban J connectivity index is 2.63. The molecular weight excluding hydrogens is 244 g/mol. The molecule has 0 heterocycles. The van der Waals surface area contributed by atoms with Crippen molar-refractivity contribution in [1.82, 2.24) is 10.6 Å². The van der Waals surface area contributed by atoms with Gasteiger partial charge in [0.2, 0.25) is 5.91 Å². The van der Waals surface area contributed by atoms with E-state index >= 15 is 0 Å². The lowest BCUT2D eigenvalue weighted by atomic mass is 9.83. The molecule has 19 heavy (non-hydrogen) atoms. The summed E-state index contributed by atoms with van der Waals surface area (Å²) in [7, 11) is 1.30. The van der Waals surface area contributed by atoms with Crippen LogP contribution in [-0.2, 0) is 9.53 Å². The van der Waals surface area contributed by atoms with Crippen LogP contribution in [0, 0.1) is 5.92 Å². The molecule has 1 aliphatic rings. The Morgan fingerprint density at radius 3 is 2.21 bits per heavy atom. The van der Waals surface area contributed by atoms with Crippen LogP contribution < -0.4 is 10.6 Å². The fourth-order valence-electron chi connectivity index (χ4n) is 2.55. The number of methoxy groups -OCH3 is 1. The fourth-order valence-corrected chi connectivity index (χ4v) is 2.55. The minimum absolute atomic E-state index is 0.0197. The molecule has 2 N–H and O–H groups in total. The second-order valence-electron chi connectivity index (χ2n) is 5.97. The van der Waals surface area contributed by atoms with Crippen LogP contribution in [0.3, 0.4) is 0 Å². The van der Waals surface area contributed by atoms with Crippen LogP contribution in [0.2, 0.25) is 0 Å². The number of ether oxygens (including phenoxy) is 1. The minimum atomic E-state index is -0.567. The van der Waals surface area contributed by atoms with Crippen molar-refractivity contribution in [3.8, 4) is 0 Å². The van der Waals surface area contributed by atoms with Crippen molar-refractivity contribution in [2.45, 2.75) is 64.5 Å². The van der Waals surface area contributed by atoms with E-state index in [1.54, 1.807) is 0 Å². The maximum atomic E-state index is 12.3. The third-order valence-electron chi connectivity index (χ3n) is 3.79. The predicted octanol–water partition coefficient (Wildman–Crippen LogP) is 2.21. The highest BCUT2D eigenvalue weighted by atomic mass is 16.5. The lowest BCUT2D eigenvalue weighted by molar-refractivity contribution is -0.126. The second-order valence-corrected chi connectivity index (χ2v) is 5.97. The molecule has 0 aromatic rings. The number of carbonyl (C=O) groups is 2. The Bertz CT molecular complexity index is 323. The largest absolute Gasteiger partial charge is 0.453 e. The third-order valence-corrected chi connectivity index (χ3v) is 3.79. The van der Waals surface area contributed by atoms with Crippen LogP contribution in [-0.4, -0.2) is 30.7 Å². The number of amides is 2. The van der Waals surface area contributed by atoms with E-state index in [0.717, 1.165) is 25.7 Å². The SMILES string of the molecule is COC(=O)N[C@@H](C(=O)NC1(C)CCCCC1)C(C)C. The molecule has 0 spiro atoms. The van der Waals surface area contributed by atoms with Crippen molar-refractivity contribution in [1.29, 1.82) is 0 Å². The monoisotopic (exact) mass is 270 g/mol. The van der Waals surface area contributed by atoms with Gasteiger partial charge in [0.15, 0.2) is 0 Å². The average Bonchev–Trinajstić information content (AvgIpc) is 2.35. The maximum absolute atomic E-state index is 12.3. The smallest absolute Gasteiger partial charge is 0.407 e. The topological polar surface area (TPSA) is 67.4 Å². The molecule has 0 radical (unpaired) electrons. The number of nitrogens with one attached hydrogen (secondary N) is 2. The van der Waals surface area contributed by atoms with Gasteiger partial charge in [-0.05, 0) is 25.7 Å². The fraction of sp³-hybridized carbons (Fsp3) is 0.857. The van der Waals surface area contributed by atoms with Gasteiger partial charge < -0.3 is 15.4 Å². The van der Waals surface area contributed by atoms with Gasteiger partial charge in [0, 0.05) is 5.54 Å². The molecular formula is C14H26N2O3.